The number of hydrogen-bond donors (Lipinski definition) is 0. The number of ether oxygens (including phenoxy) is 1. The summed E-state index contributed by atoms with van der Waals surface area (Å²) in [6.45, 7) is 10.0. The first kappa shape index (κ1) is 11.3. The molecule has 0 bridgehead atoms. The van der Waals surface area contributed by atoms with Gasteiger partial charge in [0.05, 0.1) is 0 Å². The smallest absolute Gasteiger partial charge is 0.330 e. The molecule has 1 saturated carbocycles. The molecule has 2 heteroatoms. The van der Waals surface area contributed by atoms with Crippen molar-refractivity contribution in [2.24, 2.45) is 11.3 Å². The molecular weight excluding hydrogens is 176 g/mol. The first-order valence-corrected chi connectivity index (χ1v) is 5.33. The lowest BCUT2D eigenvalue weighted by atomic mass is 9.76. The van der Waals surface area contributed by atoms with E-state index in [0.29, 0.717) is 5.92 Å². The average Bonchev–Trinajstić information content (AvgIpc) is 2.49. The summed E-state index contributed by atoms with van der Waals surface area (Å²) in [7, 11) is 0. The first-order valence-electron chi connectivity index (χ1n) is 5.33. The van der Waals surface area contributed by atoms with Gasteiger partial charge in [0.15, 0.2) is 0 Å². The fraction of sp³-hybridized carbons (Fsp3) is 0.750. The molecule has 1 aliphatic rings. The summed E-state index contributed by atoms with van der Waals surface area (Å²) in [6.07, 6.45) is 4.63. The number of rotatable bonds is 3. The topological polar surface area (TPSA) is 26.3 Å². The van der Waals surface area contributed by atoms with Crippen molar-refractivity contribution in [1.82, 2.24) is 0 Å². The molecule has 0 heterocycles. The fourth-order valence-electron chi connectivity index (χ4n) is 2.20. The maximum Gasteiger partial charge on any atom is 0.330 e. The van der Waals surface area contributed by atoms with Gasteiger partial charge in [0.25, 0.3) is 0 Å². The van der Waals surface area contributed by atoms with Gasteiger partial charge in [-0.1, -0.05) is 27.4 Å². The molecule has 14 heavy (non-hydrogen) atoms. The van der Waals surface area contributed by atoms with E-state index in [1.54, 1.807) is 0 Å². The minimum atomic E-state index is -0.288. The van der Waals surface area contributed by atoms with Crippen molar-refractivity contribution in [3.63, 3.8) is 0 Å². The molecule has 2 nitrogen and oxygen atoms in total. The third-order valence-electron chi connectivity index (χ3n) is 3.66. The molecule has 0 aromatic heterocycles. The Hall–Kier alpha value is -0.790. The molecule has 0 radical (unpaired) electrons. The van der Waals surface area contributed by atoms with Crippen LogP contribution in [-0.4, -0.2) is 12.1 Å². The summed E-state index contributed by atoms with van der Waals surface area (Å²) in [5.74, 6) is 0.261. The molecule has 0 aromatic rings. The van der Waals surface area contributed by atoms with Crippen molar-refractivity contribution in [2.45, 2.75) is 46.1 Å². The molecule has 0 N–H and O–H groups in total. The van der Waals surface area contributed by atoms with Crippen molar-refractivity contribution in [2.75, 3.05) is 0 Å². The SMILES string of the molecule is C=CC(=O)OC1CCCC1(C)C(C)C. The molecule has 2 unspecified atom stereocenters. The van der Waals surface area contributed by atoms with Gasteiger partial charge in [0.2, 0.25) is 0 Å². The summed E-state index contributed by atoms with van der Waals surface area (Å²) in [6, 6.07) is 0. The van der Waals surface area contributed by atoms with Crippen molar-refractivity contribution < 1.29 is 9.53 Å². The van der Waals surface area contributed by atoms with E-state index in [1.807, 2.05) is 0 Å². The van der Waals surface area contributed by atoms with Crippen LogP contribution in [0.1, 0.15) is 40.0 Å². The third kappa shape index (κ3) is 1.99. The third-order valence-corrected chi connectivity index (χ3v) is 3.66. The Morgan fingerprint density at radius 3 is 2.79 bits per heavy atom. The Morgan fingerprint density at radius 1 is 1.64 bits per heavy atom. The molecule has 1 aliphatic carbocycles. The molecule has 80 valence electrons. The summed E-state index contributed by atoms with van der Waals surface area (Å²) >= 11 is 0. The zero-order valence-electron chi connectivity index (χ0n) is 9.38. The zero-order chi connectivity index (χ0) is 10.8. The quantitative estimate of drug-likeness (QED) is 0.512. The largest absolute Gasteiger partial charge is 0.459 e. The highest BCUT2D eigenvalue weighted by atomic mass is 16.5. The average molecular weight is 196 g/mol. The van der Waals surface area contributed by atoms with Gasteiger partial charge in [-0.15, -0.1) is 0 Å². The van der Waals surface area contributed by atoms with Crippen molar-refractivity contribution in [3.05, 3.63) is 12.7 Å². The van der Waals surface area contributed by atoms with Crippen LogP contribution in [-0.2, 0) is 9.53 Å². The monoisotopic (exact) mass is 196 g/mol. The molecular formula is C12H20O2. The zero-order valence-corrected chi connectivity index (χ0v) is 9.38. The second kappa shape index (κ2) is 4.16. The lowest BCUT2D eigenvalue weighted by Gasteiger charge is -2.34. The molecule has 2 atom stereocenters. The van der Waals surface area contributed by atoms with Gasteiger partial charge in [-0.2, -0.15) is 0 Å². The summed E-state index contributed by atoms with van der Waals surface area (Å²) in [5, 5.41) is 0. The van der Waals surface area contributed by atoms with Gasteiger partial charge in [0.1, 0.15) is 6.10 Å². The van der Waals surface area contributed by atoms with E-state index in [4.69, 9.17) is 4.74 Å². The van der Waals surface area contributed by atoms with Crippen LogP contribution in [0.3, 0.4) is 0 Å². The standard InChI is InChI=1S/C12H20O2/c1-5-11(13)14-10-7-6-8-12(10,4)9(2)3/h5,9-10H,1,6-8H2,2-4H3. The Bertz CT molecular complexity index is 232. The van der Waals surface area contributed by atoms with E-state index in [9.17, 15) is 4.79 Å². The van der Waals surface area contributed by atoms with E-state index in [1.165, 1.54) is 6.08 Å². The van der Waals surface area contributed by atoms with Crippen molar-refractivity contribution in [1.29, 1.82) is 0 Å². The Morgan fingerprint density at radius 2 is 2.29 bits per heavy atom. The summed E-state index contributed by atoms with van der Waals surface area (Å²) < 4.78 is 5.38. The Kier molecular flexibility index (Phi) is 3.35. The van der Waals surface area contributed by atoms with Crippen LogP contribution in [0.2, 0.25) is 0 Å². The van der Waals surface area contributed by atoms with E-state index < -0.39 is 0 Å². The van der Waals surface area contributed by atoms with Crippen LogP contribution in [0.25, 0.3) is 0 Å². The minimum absolute atomic E-state index is 0.0769. The van der Waals surface area contributed by atoms with E-state index in [-0.39, 0.29) is 17.5 Å². The van der Waals surface area contributed by atoms with Crippen molar-refractivity contribution in [3.8, 4) is 0 Å². The Labute approximate surface area is 86.3 Å². The second-order valence-electron chi connectivity index (χ2n) is 4.68. The molecule has 0 aromatic carbocycles. The van der Waals surface area contributed by atoms with Crippen LogP contribution in [0, 0.1) is 11.3 Å². The fourth-order valence-corrected chi connectivity index (χ4v) is 2.20. The van der Waals surface area contributed by atoms with Crippen molar-refractivity contribution >= 4 is 5.97 Å². The predicted octanol–water partition coefficient (Wildman–Crippen LogP) is 2.93. The van der Waals surface area contributed by atoms with Crippen LogP contribution < -0.4 is 0 Å². The predicted molar refractivity (Wildman–Crippen MR) is 56.9 cm³/mol. The maximum atomic E-state index is 11.1. The van der Waals surface area contributed by atoms with Crippen LogP contribution >= 0.6 is 0 Å². The minimum Gasteiger partial charge on any atom is -0.459 e. The Balaban J connectivity index is 2.68. The van der Waals surface area contributed by atoms with E-state index in [2.05, 4.69) is 27.4 Å². The molecule has 1 rings (SSSR count). The summed E-state index contributed by atoms with van der Waals surface area (Å²) in [5.41, 5.74) is 0.151. The lowest BCUT2D eigenvalue weighted by Crippen LogP contribution is -2.35. The van der Waals surface area contributed by atoms with E-state index >= 15 is 0 Å². The van der Waals surface area contributed by atoms with Gasteiger partial charge in [-0.3, -0.25) is 0 Å². The number of hydrogen-bond acceptors (Lipinski definition) is 2. The maximum absolute atomic E-state index is 11.1. The normalized spacial score (nSPS) is 31.9. The molecule has 1 fully saturated rings. The first-order chi connectivity index (χ1) is 6.50. The van der Waals surface area contributed by atoms with Crippen LogP contribution in [0.4, 0.5) is 0 Å². The highest BCUT2D eigenvalue weighted by Gasteiger charge is 2.43. The van der Waals surface area contributed by atoms with Gasteiger partial charge >= 0.3 is 5.97 Å². The number of carbonyl (C=O) groups excluding carboxylic acids is 1. The second-order valence-corrected chi connectivity index (χ2v) is 4.68. The van der Waals surface area contributed by atoms with Crippen LogP contribution in [0.5, 0.6) is 0 Å². The van der Waals surface area contributed by atoms with Gasteiger partial charge in [-0.25, -0.2) is 4.79 Å². The number of esters is 1. The highest BCUT2D eigenvalue weighted by Crippen LogP contribution is 2.45. The van der Waals surface area contributed by atoms with Gasteiger partial charge in [-0.05, 0) is 25.2 Å². The molecule has 0 spiro atoms. The highest BCUT2D eigenvalue weighted by molar-refractivity contribution is 5.81. The molecule has 0 aliphatic heterocycles. The van der Waals surface area contributed by atoms with E-state index in [0.717, 1.165) is 19.3 Å². The molecule has 0 amide bonds. The lowest BCUT2D eigenvalue weighted by molar-refractivity contribution is -0.149. The van der Waals surface area contributed by atoms with Crippen LogP contribution in [0.15, 0.2) is 12.7 Å². The van der Waals surface area contributed by atoms with Gasteiger partial charge < -0.3 is 4.74 Å². The number of carbonyl (C=O) groups is 1. The summed E-state index contributed by atoms with van der Waals surface area (Å²) in [4.78, 5) is 11.1. The van der Waals surface area contributed by atoms with Gasteiger partial charge in [0, 0.05) is 11.5 Å². The molecule has 0 saturated heterocycles.